The largest absolute Gasteiger partial charge is 0.457 e. The summed E-state index contributed by atoms with van der Waals surface area (Å²) in [5.41, 5.74) is 3.84. The highest BCUT2D eigenvalue weighted by Crippen LogP contribution is 2.37. The van der Waals surface area contributed by atoms with E-state index in [0.29, 0.717) is 0 Å². The summed E-state index contributed by atoms with van der Waals surface area (Å²) >= 11 is 5.49. The summed E-state index contributed by atoms with van der Waals surface area (Å²) in [7, 11) is 0. The van der Waals surface area contributed by atoms with Gasteiger partial charge in [0.1, 0.15) is 17.3 Å². The van der Waals surface area contributed by atoms with E-state index >= 15 is 0 Å². The SMILES string of the molecule is Nc1ccc(Oc2ccc(Cl)c(F)c2)cc1C(F)(F)F. The molecule has 2 rings (SSSR count). The summed E-state index contributed by atoms with van der Waals surface area (Å²) in [5, 5.41) is -0.106. The van der Waals surface area contributed by atoms with Crippen LogP contribution in [0.4, 0.5) is 23.2 Å². The van der Waals surface area contributed by atoms with Gasteiger partial charge in [0.15, 0.2) is 0 Å². The fourth-order valence-corrected chi connectivity index (χ4v) is 1.64. The van der Waals surface area contributed by atoms with Crippen LogP contribution in [0, 0.1) is 5.82 Å². The van der Waals surface area contributed by atoms with Crippen LogP contribution in [0.2, 0.25) is 5.02 Å². The molecule has 0 unspecified atom stereocenters. The van der Waals surface area contributed by atoms with E-state index in [2.05, 4.69) is 0 Å². The number of anilines is 1. The summed E-state index contributed by atoms with van der Waals surface area (Å²) in [6.45, 7) is 0. The molecule has 0 fully saturated rings. The number of halogens is 5. The third kappa shape index (κ3) is 3.14. The molecular weight excluding hydrogens is 298 g/mol. The van der Waals surface area contributed by atoms with Crippen LogP contribution >= 0.6 is 11.6 Å². The van der Waals surface area contributed by atoms with Crippen molar-refractivity contribution in [1.82, 2.24) is 0 Å². The summed E-state index contributed by atoms with van der Waals surface area (Å²) in [4.78, 5) is 0. The van der Waals surface area contributed by atoms with Crippen molar-refractivity contribution < 1.29 is 22.3 Å². The van der Waals surface area contributed by atoms with Gasteiger partial charge in [-0.3, -0.25) is 0 Å². The standard InChI is InChI=1S/C13H8ClF4NO/c14-10-3-1-8(6-11(10)15)20-7-2-4-12(19)9(5-7)13(16,17)18/h1-6H,19H2. The fourth-order valence-electron chi connectivity index (χ4n) is 1.52. The van der Waals surface area contributed by atoms with Crippen molar-refractivity contribution in [3.05, 3.63) is 52.8 Å². The lowest BCUT2D eigenvalue weighted by atomic mass is 10.1. The van der Waals surface area contributed by atoms with Gasteiger partial charge in [0, 0.05) is 11.8 Å². The Morgan fingerprint density at radius 2 is 1.60 bits per heavy atom. The van der Waals surface area contributed by atoms with Crippen LogP contribution in [0.15, 0.2) is 36.4 Å². The molecule has 0 aliphatic heterocycles. The van der Waals surface area contributed by atoms with Crippen molar-refractivity contribution >= 4 is 17.3 Å². The van der Waals surface area contributed by atoms with Gasteiger partial charge >= 0.3 is 6.18 Å². The second-order valence-electron chi connectivity index (χ2n) is 3.92. The zero-order chi connectivity index (χ0) is 14.9. The van der Waals surface area contributed by atoms with Crippen molar-refractivity contribution in [2.45, 2.75) is 6.18 Å². The molecule has 20 heavy (non-hydrogen) atoms. The summed E-state index contributed by atoms with van der Waals surface area (Å²) < 4.78 is 56.4. The lowest BCUT2D eigenvalue weighted by Gasteiger charge is -2.12. The Bertz CT molecular complexity index is 643. The molecule has 0 heterocycles. The third-order valence-corrected chi connectivity index (χ3v) is 2.76. The predicted octanol–water partition coefficient (Wildman–Crippen LogP) is 4.87. The molecule has 0 bridgehead atoms. The number of nitrogens with two attached hydrogens (primary N) is 1. The van der Waals surface area contributed by atoms with Gasteiger partial charge in [0.2, 0.25) is 0 Å². The van der Waals surface area contributed by atoms with E-state index in [1.807, 2.05) is 0 Å². The first-order valence-electron chi connectivity index (χ1n) is 5.37. The molecule has 2 nitrogen and oxygen atoms in total. The zero-order valence-electron chi connectivity index (χ0n) is 9.84. The maximum absolute atomic E-state index is 13.2. The minimum absolute atomic E-state index is 0.0322. The highest BCUT2D eigenvalue weighted by molar-refractivity contribution is 6.30. The van der Waals surface area contributed by atoms with Crippen LogP contribution in [0.25, 0.3) is 0 Å². The Labute approximate surface area is 116 Å². The summed E-state index contributed by atoms with van der Waals surface area (Å²) in [6, 6.07) is 6.65. The monoisotopic (exact) mass is 305 g/mol. The molecule has 2 N–H and O–H groups in total. The molecule has 0 spiro atoms. The number of benzene rings is 2. The maximum Gasteiger partial charge on any atom is 0.418 e. The number of ether oxygens (including phenoxy) is 1. The smallest absolute Gasteiger partial charge is 0.418 e. The van der Waals surface area contributed by atoms with Gasteiger partial charge in [-0.05, 0) is 30.3 Å². The van der Waals surface area contributed by atoms with E-state index in [9.17, 15) is 17.6 Å². The molecule has 106 valence electrons. The van der Waals surface area contributed by atoms with Crippen LogP contribution in [-0.2, 0) is 6.18 Å². The van der Waals surface area contributed by atoms with E-state index in [1.54, 1.807) is 0 Å². The Balaban J connectivity index is 2.32. The first-order chi connectivity index (χ1) is 9.27. The van der Waals surface area contributed by atoms with Crippen molar-refractivity contribution in [3.8, 4) is 11.5 Å². The lowest BCUT2D eigenvalue weighted by molar-refractivity contribution is -0.137. The van der Waals surface area contributed by atoms with E-state index in [4.69, 9.17) is 22.1 Å². The number of hydrogen-bond donors (Lipinski definition) is 1. The molecular formula is C13H8ClF4NO. The number of rotatable bonds is 2. The summed E-state index contributed by atoms with van der Waals surface area (Å²) in [5.74, 6) is -0.798. The van der Waals surface area contributed by atoms with Gasteiger partial charge in [0.05, 0.1) is 10.6 Å². The number of nitrogen functional groups attached to an aromatic ring is 1. The molecule has 0 aromatic heterocycles. The molecule has 2 aromatic rings. The van der Waals surface area contributed by atoms with Crippen molar-refractivity contribution in [1.29, 1.82) is 0 Å². The molecule has 0 amide bonds. The third-order valence-electron chi connectivity index (χ3n) is 2.46. The summed E-state index contributed by atoms with van der Waals surface area (Å²) in [6.07, 6.45) is -4.59. The topological polar surface area (TPSA) is 35.2 Å². The second-order valence-corrected chi connectivity index (χ2v) is 4.33. The molecule has 0 saturated heterocycles. The molecule has 0 radical (unpaired) electrons. The zero-order valence-corrected chi connectivity index (χ0v) is 10.6. The van der Waals surface area contributed by atoms with E-state index in [0.717, 1.165) is 18.2 Å². The minimum atomic E-state index is -4.59. The molecule has 0 saturated carbocycles. The first-order valence-corrected chi connectivity index (χ1v) is 5.75. The predicted molar refractivity (Wildman–Crippen MR) is 67.3 cm³/mol. The van der Waals surface area contributed by atoms with Crippen molar-refractivity contribution in [3.63, 3.8) is 0 Å². The van der Waals surface area contributed by atoms with Gasteiger partial charge in [-0.15, -0.1) is 0 Å². The molecule has 0 atom stereocenters. The van der Waals surface area contributed by atoms with Gasteiger partial charge < -0.3 is 10.5 Å². The van der Waals surface area contributed by atoms with Gasteiger partial charge in [-0.1, -0.05) is 11.6 Å². The Morgan fingerprint density at radius 3 is 2.20 bits per heavy atom. The molecule has 0 aliphatic carbocycles. The van der Waals surface area contributed by atoms with Gasteiger partial charge in [-0.2, -0.15) is 13.2 Å². The number of alkyl halides is 3. The molecule has 7 heteroatoms. The Kier molecular flexibility index (Phi) is 3.76. The van der Waals surface area contributed by atoms with E-state index in [-0.39, 0.29) is 16.5 Å². The Hall–Kier alpha value is -1.95. The van der Waals surface area contributed by atoms with Crippen molar-refractivity contribution in [2.75, 3.05) is 5.73 Å². The van der Waals surface area contributed by atoms with Gasteiger partial charge in [0.25, 0.3) is 0 Å². The average Bonchev–Trinajstić information content (AvgIpc) is 2.35. The van der Waals surface area contributed by atoms with Crippen LogP contribution in [0.3, 0.4) is 0 Å². The average molecular weight is 306 g/mol. The van der Waals surface area contributed by atoms with E-state index in [1.165, 1.54) is 18.2 Å². The minimum Gasteiger partial charge on any atom is -0.457 e. The fraction of sp³-hybridized carbons (Fsp3) is 0.0769. The second kappa shape index (κ2) is 5.20. The van der Waals surface area contributed by atoms with E-state index < -0.39 is 23.2 Å². The van der Waals surface area contributed by atoms with Crippen LogP contribution in [0.1, 0.15) is 5.56 Å². The van der Waals surface area contributed by atoms with Gasteiger partial charge in [-0.25, -0.2) is 4.39 Å². The highest BCUT2D eigenvalue weighted by Gasteiger charge is 2.33. The lowest BCUT2D eigenvalue weighted by Crippen LogP contribution is -2.08. The number of hydrogen-bond acceptors (Lipinski definition) is 2. The van der Waals surface area contributed by atoms with Crippen LogP contribution in [0.5, 0.6) is 11.5 Å². The van der Waals surface area contributed by atoms with Crippen molar-refractivity contribution in [2.24, 2.45) is 0 Å². The highest BCUT2D eigenvalue weighted by atomic mass is 35.5. The van der Waals surface area contributed by atoms with Crippen LogP contribution < -0.4 is 10.5 Å². The normalized spacial score (nSPS) is 11.4. The molecule has 2 aromatic carbocycles. The quantitative estimate of drug-likeness (QED) is 0.634. The first kappa shape index (κ1) is 14.5. The Morgan fingerprint density at radius 1 is 1.00 bits per heavy atom. The molecule has 0 aliphatic rings. The maximum atomic E-state index is 13.2. The van der Waals surface area contributed by atoms with Crippen LogP contribution in [-0.4, -0.2) is 0 Å².